The Hall–Kier alpha value is -4.71. The predicted octanol–water partition coefficient (Wildman–Crippen LogP) is 23.9. The van der Waals surface area contributed by atoms with Crippen LogP contribution in [-0.4, -0.2) is 37.2 Å². The second-order valence-corrected chi connectivity index (χ2v) is 22.3. The maximum absolute atomic E-state index is 12.9. The molecule has 0 aromatic rings. The van der Waals surface area contributed by atoms with Crippen LogP contribution in [0, 0.1) is 0 Å². The van der Waals surface area contributed by atoms with Crippen molar-refractivity contribution >= 4 is 17.9 Å². The van der Waals surface area contributed by atoms with E-state index >= 15 is 0 Å². The van der Waals surface area contributed by atoms with Crippen molar-refractivity contribution in [2.45, 2.75) is 309 Å². The molecule has 0 fully saturated rings. The van der Waals surface area contributed by atoms with Gasteiger partial charge < -0.3 is 14.2 Å². The Morgan fingerprint density at radius 2 is 0.470 bits per heavy atom. The van der Waals surface area contributed by atoms with Gasteiger partial charge in [0, 0.05) is 19.3 Å². The summed E-state index contributed by atoms with van der Waals surface area (Å²) in [4.78, 5) is 38.4. The van der Waals surface area contributed by atoms with Gasteiger partial charge in [0.2, 0.25) is 0 Å². The highest BCUT2D eigenvalue weighted by Gasteiger charge is 2.19. The molecular formula is C77H126O6. The van der Waals surface area contributed by atoms with Crippen LogP contribution in [0.25, 0.3) is 0 Å². The largest absolute Gasteiger partial charge is 0.462 e. The minimum Gasteiger partial charge on any atom is -0.462 e. The third-order valence-electron chi connectivity index (χ3n) is 14.3. The Bertz CT molecular complexity index is 1800. The molecule has 0 amide bonds. The highest BCUT2D eigenvalue weighted by molar-refractivity contribution is 5.71. The van der Waals surface area contributed by atoms with Crippen molar-refractivity contribution in [1.29, 1.82) is 0 Å². The Morgan fingerprint density at radius 1 is 0.253 bits per heavy atom. The minimum atomic E-state index is -0.839. The van der Waals surface area contributed by atoms with E-state index in [1.807, 2.05) is 0 Å². The summed E-state index contributed by atoms with van der Waals surface area (Å²) in [7, 11) is 0. The molecule has 1 atom stereocenters. The van der Waals surface area contributed by atoms with Crippen molar-refractivity contribution in [3.63, 3.8) is 0 Å². The van der Waals surface area contributed by atoms with Crippen molar-refractivity contribution in [2.24, 2.45) is 0 Å². The number of allylic oxidation sites excluding steroid dienone is 24. The molecule has 6 heteroatoms. The topological polar surface area (TPSA) is 78.9 Å². The van der Waals surface area contributed by atoms with Crippen LogP contribution in [0.3, 0.4) is 0 Å². The highest BCUT2D eigenvalue weighted by Crippen LogP contribution is 2.17. The van der Waals surface area contributed by atoms with Crippen molar-refractivity contribution in [2.75, 3.05) is 13.2 Å². The second-order valence-electron chi connectivity index (χ2n) is 22.3. The summed E-state index contributed by atoms with van der Waals surface area (Å²) in [6, 6.07) is 0. The van der Waals surface area contributed by atoms with Crippen LogP contribution in [0.5, 0.6) is 0 Å². The summed E-state index contributed by atoms with van der Waals surface area (Å²) in [5, 5.41) is 0. The number of rotatable bonds is 61. The molecule has 0 heterocycles. The van der Waals surface area contributed by atoms with Gasteiger partial charge in [0.15, 0.2) is 6.10 Å². The maximum Gasteiger partial charge on any atom is 0.306 e. The Morgan fingerprint density at radius 3 is 0.735 bits per heavy atom. The van der Waals surface area contributed by atoms with Gasteiger partial charge in [-0.3, -0.25) is 14.4 Å². The molecule has 470 valence electrons. The van der Waals surface area contributed by atoms with Crippen molar-refractivity contribution < 1.29 is 28.6 Å². The number of carbonyl (C=O) groups is 3. The van der Waals surface area contributed by atoms with Gasteiger partial charge in [-0.1, -0.05) is 321 Å². The molecular weight excluding hydrogens is 1020 g/mol. The second kappa shape index (κ2) is 69.8. The SMILES string of the molecule is CC/C=C\C/C=C\C/C=C\C/C=C\C/C=C\C/C=C\C/C=C\CCCC(=O)OC(COC(=O)CCC/C=C\C/C=C\C/C=C\C/C=C\C/C=C\CC)COC(=O)CCCCCCCCCCCCCCCCCCCCCCCCCCC. The zero-order valence-corrected chi connectivity index (χ0v) is 53.9. The number of ether oxygens (including phenoxy) is 3. The monoisotopic (exact) mass is 1150 g/mol. The van der Waals surface area contributed by atoms with E-state index in [9.17, 15) is 14.4 Å². The summed E-state index contributed by atoms with van der Waals surface area (Å²) < 4.78 is 16.9. The molecule has 0 bridgehead atoms. The Balaban J connectivity index is 4.50. The van der Waals surface area contributed by atoms with Gasteiger partial charge in [0.25, 0.3) is 0 Å². The fourth-order valence-corrected chi connectivity index (χ4v) is 9.29. The molecule has 83 heavy (non-hydrogen) atoms. The van der Waals surface area contributed by atoms with Gasteiger partial charge in [-0.05, 0) is 109 Å². The lowest BCUT2D eigenvalue weighted by atomic mass is 10.0. The number of hydrogen-bond acceptors (Lipinski definition) is 6. The Kier molecular flexibility index (Phi) is 65.8. The molecule has 0 aliphatic rings. The van der Waals surface area contributed by atoms with E-state index in [2.05, 4.69) is 167 Å². The third-order valence-corrected chi connectivity index (χ3v) is 14.3. The first-order valence-corrected chi connectivity index (χ1v) is 34.3. The molecule has 0 radical (unpaired) electrons. The van der Waals surface area contributed by atoms with Crippen LogP contribution in [0.4, 0.5) is 0 Å². The molecule has 0 spiro atoms. The van der Waals surface area contributed by atoms with E-state index in [1.165, 1.54) is 141 Å². The zero-order chi connectivity index (χ0) is 59.9. The molecule has 6 nitrogen and oxygen atoms in total. The Labute approximate surface area is 512 Å². The van der Waals surface area contributed by atoms with E-state index < -0.39 is 6.10 Å². The van der Waals surface area contributed by atoms with Gasteiger partial charge in [0.05, 0.1) is 0 Å². The number of unbranched alkanes of at least 4 members (excludes halogenated alkanes) is 26. The number of carbonyl (C=O) groups excluding carboxylic acids is 3. The number of esters is 3. The maximum atomic E-state index is 12.9. The summed E-state index contributed by atoms with van der Waals surface area (Å²) in [6.07, 6.45) is 100. The highest BCUT2D eigenvalue weighted by atomic mass is 16.6. The van der Waals surface area contributed by atoms with Gasteiger partial charge >= 0.3 is 17.9 Å². The zero-order valence-electron chi connectivity index (χ0n) is 53.9. The molecule has 0 aliphatic heterocycles. The lowest BCUT2D eigenvalue weighted by Gasteiger charge is -2.18. The van der Waals surface area contributed by atoms with Crippen LogP contribution in [-0.2, 0) is 28.6 Å². The normalized spacial score (nSPS) is 13.0. The summed E-state index contributed by atoms with van der Waals surface area (Å²) >= 11 is 0. The molecule has 0 N–H and O–H groups in total. The van der Waals surface area contributed by atoms with Gasteiger partial charge in [-0.2, -0.15) is 0 Å². The van der Waals surface area contributed by atoms with Crippen LogP contribution >= 0.6 is 0 Å². The van der Waals surface area contributed by atoms with E-state index in [0.717, 1.165) is 109 Å². The van der Waals surface area contributed by atoms with E-state index in [-0.39, 0.29) is 44.0 Å². The van der Waals surface area contributed by atoms with Crippen LogP contribution in [0.1, 0.15) is 303 Å². The molecule has 0 aromatic heterocycles. The first-order chi connectivity index (χ1) is 41.0. The molecule has 0 saturated carbocycles. The van der Waals surface area contributed by atoms with E-state index in [1.54, 1.807) is 0 Å². The van der Waals surface area contributed by atoms with E-state index in [4.69, 9.17) is 14.2 Å². The molecule has 0 saturated heterocycles. The lowest BCUT2D eigenvalue weighted by molar-refractivity contribution is -0.167. The van der Waals surface area contributed by atoms with Gasteiger partial charge in [-0.15, -0.1) is 0 Å². The molecule has 1 unspecified atom stereocenters. The summed E-state index contributed by atoms with van der Waals surface area (Å²) in [6.45, 7) is 6.34. The van der Waals surface area contributed by atoms with Gasteiger partial charge in [-0.25, -0.2) is 0 Å². The standard InChI is InChI=1S/C77H126O6/c1-4-7-10-13-16-19-22-25-28-31-33-35-37-38-40-41-43-46-49-52-55-58-61-64-67-70-76(79)82-73-74(72-81-75(78)69-66-63-60-57-54-51-48-45-30-27-24-21-18-15-12-9-6-3)83-77(80)71-68-65-62-59-56-53-50-47-44-42-39-36-34-32-29-26-23-20-17-14-11-8-5-2/h8-9,11-12,17-18,20-21,26-27,29-30,34,36,42,44,48,50-51,53,57,59-60,62,74H,4-7,10,13-16,19,22-25,28,31-33,35,37-41,43,45-47,49,52,54-56,58,61,63-73H2,1-3H3/b11-8-,12-9-,20-17-,21-18-,29-26-,30-27-,36-34-,44-42-,51-48-,53-50-,60-57-,62-59-. The first kappa shape index (κ1) is 78.3. The van der Waals surface area contributed by atoms with Gasteiger partial charge in [0.1, 0.15) is 13.2 Å². The summed E-state index contributed by atoms with van der Waals surface area (Å²) in [5.74, 6) is -1.04. The van der Waals surface area contributed by atoms with E-state index in [0.29, 0.717) is 19.3 Å². The fraction of sp³-hybridized carbons (Fsp3) is 0.649. The van der Waals surface area contributed by atoms with Crippen molar-refractivity contribution in [3.05, 3.63) is 146 Å². The molecule has 0 aliphatic carbocycles. The smallest absolute Gasteiger partial charge is 0.306 e. The predicted molar refractivity (Wildman–Crippen MR) is 362 cm³/mol. The quantitative estimate of drug-likeness (QED) is 0.0261. The average Bonchev–Trinajstić information content (AvgIpc) is 3.49. The summed E-state index contributed by atoms with van der Waals surface area (Å²) in [5.41, 5.74) is 0. The number of hydrogen-bond donors (Lipinski definition) is 0. The van der Waals surface area contributed by atoms with Crippen LogP contribution in [0.2, 0.25) is 0 Å². The molecule has 0 rings (SSSR count). The first-order valence-electron chi connectivity index (χ1n) is 34.3. The lowest BCUT2D eigenvalue weighted by Crippen LogP contribution is -2.30. The van der Waals surface area contributed by atoms with Crippen LogP contribution in [0.15, 0.2) is 146 Å². The third kappa shape index (κ3) is 68.0. The fourth-order valence-electron chi connectivity index (χ4n) is 9.29. The molecule has 0 aromatic carbocycles. The van der Waals surface area contributed by atoms with Crippen molar-refractivity contribution in [3.8, 4) is 0 Å². The minimum absolute atomic E-state index is 0.122. The van der Waals surface area contributed by atoms with Crippen molar-refractivity contribution in [1.82, 2.24) is 0 Å². The average molecular weight is 1150 g/mol. The van der Waals surface area contributed by atoms with Crippen LogP contribution < -0.4 is 0 Å².